The lowest BCUT2D eigenvalue weighted by Gasteiger charge is -2.26. The zero-order valence-corrected chi connectivity index (χ0v) is 18.9. The van der Waals surface area contributed by atoms with Crippen LogP contribution in [0.15, 0.2) is 71.0 Å². The molecule has 0 spiro atoms. The van der Waals surface area contributed by atoms with Crippen molar-refractivity contribution >= 4 is 40.7 Å². The summed E-state index contributed by atoms with van der Waals surface area (Å²) < 4.78 is 12.2. The van der Waals surface area contributed by atoms with E-state index in [9.17, 15) is 14.4 Å². The van der Waals surface area contributed by atoms with Crippen LogP contribution in [0, 0.1) is 0 Å². The Kier molecular flexibility index (Phi) is 6.28. The van der Waals surface area contributed by atoms with E-state index in [-0.39, 0.29) is 23.6 Å². The van der Waals surface area contributed by atoms with Gasteiger partial charge in [-0.25, -0.2) is 9.59 Å². The summed E-state index contributed by atoms with van der Waals surface area (Å²) in [4.78, 5) is 39.4. The minimum atomic E-state index is -0.847. The maximum absolute atomic E-state index is 13.4. The highest BCUT2D eigenvalue weighted by Crippen LogP contribution is 2.37. The number of nitrogens with zero attached hydrogens (tertiary/aromatic N) is 1. The van der Waals surface area contributed by atoms with Crippen LogP contribution in [0.3, 0.4) is 0 Å². The van der Waals surface area contributed by atoms with Crippen LogP contribution < -0.4 is 20.5 Å². The number of carbonyl (C=O) groups excluding carboxylic acids is 2. The van der Waals surface area contributed by atoms with Gasteiger partial charge in [0.1, 0.15) is 10.5 Å². The molecule has 0 aliphatic carbocycles. The zero-order chi connectivity index (χ0) is 23.5. The van der Waals surface area contributed by atoms with Gasteiger partial charge in [0.25, 0.3) is 5.56 Å². The number of hydrogen-bond donors (Lipinski definition) is 1. The molecular weight excluding hydrogens is 440 g/mol. The first kappa shape index (κ1) is 22.3. The average molecular weight is 463 g/mol. The van der Waals surface area contributed by atoms with Gasteiger partial charge in [0.2, 0.25) is 0 Å². The molecule has 0 bridgehead atoms. The molecule has 168 valence electrons. The molecule has 0 radical (unpaired) electrons. The SMILES string of the molecule is CCOC(=O)C1=C(N)n2c(s/c(=C\c3ccccc3)c2=O)=C(C(=O)OC)[C@@H]1c1ccccc1. The molecule has 2 aromatic carbocycles. The average Bonchev–Trinajstić information content (AvgIpc) is 3.15. The second-order valence-corrected chi connectivity index (χ2v) is 8.27. The highest BCUT2D eigenvalue weighted by atomic mass is 32.1. The number of ether oxygens (including phenoxy) is 2. The first-order valence-corrected chi connectivity index (χ1v) is 11.1. The third-order valence-electron chi connectivity index (χ3n) is 5.28. The zero-order valence-electron chi connectivity index (χ0n) is 18.1. The van der Waals surface area contributed by atoms with Crippen molar-refractivity contribution in [1.29, 1.82) is 0 Å². The van der Waals surface area contributed by atoms with Crippen molar-refractivity contribution in [3.05, 3.63) is 96.9 Å². The Morgan fingerprint density at radius 2 is 1.67 bits per heavy atom. The number of carbonyl (C=O) groups is 2. The maximum Gasteiger partial charge on any atom is 0.338 e. The summed E-state index contributed by atoms with van der Waals surface area (Å²) in [7, 11) is 1.26. The summed E-state index contributed by atoms with van der Waals surface area (Å²) in [5.74, 6) is -2.25. The molecule has 2 N–H and O–H groups in total. The Morgan fingerprint density at radius 3 is 2.27 bits per heavy atom. The van der Waals surface area contributed by atoms with Crippen LogP contribution >= 0.6 is 11.3 Å². The van der Waals surface area contributed by atoms with E-state index in [1.165, 1.54) is 11.7 Å². The van der Waals surface area contributed by atoms with Gasteiger partial charge < -0.3 is 15.2 Å². The first-order valence-electron chi connectivity index (χ1n) is 10.3. The quantitative estimate of drug-likeness (QED) is 0.578. The van der Waals surface area contributed by atoms with E-state index in [1.54, 1.807) is 37.3 Å². The number of benzene rings is 2. The Bertz CT molecular complexity index is 1420. The molecule has 1 aromatic heterocycles. The van der Waals surface area contributed by atoms with Crippen molar-refractivity contribution in [1.82, 2.24) is 4.57 Å². The van der Waals surface area contributed by atoms with Gasteiger partial charge in [0, 0.05) is 0 Å². The fourth-order valence-electron chi connectivity index (χ4n) is 3.84. The molecule has 0 fully saturated rings. The molecule has 1 aliphatic rings. The summed E-state index contributed by atoms with van der Waals surface area (Å²) >= 11 is 1.13. The summed E-state index contributed by atoms with van der Waals surface area (Å²) in [6.07, 6.45) is 1.72. The predicted molar refractivity (Wildman–Crippen MR) is 126 cm³/mol. The van der Waals surface area contributed by atoms with E-state index in [4.69, 9.17) is 15.2 Å². The number of nitrogens with two attached hydrogens (primary N) is 1. The summed E-state index contributed by atoms with van der Waals surface area (Å²) in [5, 5.41) is 0. The van der Waals surface area contributed by atoms with E-state index in [1.807, 2.05) is 36.4 Å². The second kappa shape index (κ2) is 9.30. The third-order valence-corrected chi connectivity index (χ3v) is 6.39. The lowest BCUT2D eigenvalue weighted by molar-refractivity contribution is -0.138. The molecule has 1 aliphatic heterocycles. The number of rotatable bonds is 5. The lowest BCUT2D eigenvalue weighted by atomic mass is 9.83. The third kappa shape index (κ3) is 4.01. The largest absolute Gasteiger partial charge is 0.466 e. The van der Waals surface area contributed by atoms with E-state index in [2.05, 4.69) is 0 Å². The molecule has 33 heavy (non-hydrogen) atoms. The fraction of sp³-hybridized carbons (Fsp3) is 0.160. The molecule has 0 saturated heterocycles. The number of aromatic nitrogens is 1. The van der Waals surface area contributed by atoms with Gasteiger partial charge in [0.05, 0.1) is 35.3 Å². The van der Waals surface area contributed by atoms with Crippen molar-refractivity contribution in [2.75, 3.05) is 13.7 Å². The monoisotopic (exact) mass is 462 g/mol. The highest BCUT2D eigenvalue weighted by Gasteiger charge is 2.39. The van der Waals surface area contributed by atoms with Crippen LogP contribution in [0.1, 0.15) is 24.0 Å². The highest BCUT2D eigenvalue weighted by molar-refractivity contribution is 7.07. The second-order valence-electron chi connectivity index (χ2n) is 7.24. The van der Waals surface area contributed by atoms with Crippen LogP contribution in [0.4, 0.5) is 0 Å². The van der Waals surface area contributed by atoms with E-state index >= 15 is 0 Å². The van der Waals surface area contributed by atoms with E-state index < -0.39 is 23.4 Å². The van der Waals surface area contributed by atoms with Gasteiger partial charge in [-0.1, -0.05) is 60.7 Å². The Hall–Kier alpha value is -3.91. The van der Waals surface area contributed by atoms with E-state index in [0.29, 0.717) is 14.8 Å². The van der Waals surface area contributed by atoms with Crippen LogP contribution in [0.25, 0.3) is 17.5 Å². The molecule has 4 rings (SSSR count). The van der Waals surface area contributed by atoms with Gasteiger partial charge in [-0.05, 0) is 24.1 Å². The van der Waals surface area contributed by atoms with Gasteiger partial charge >= 0.3 is 11.9 Å². The van der Waals surface area contributed by atoms with E-state index in [0.717, 1.165) is 16.9 Å². The fourth-order valence-corrected chi connectivity index (χ4v) is 5.01. The summed E-state index contributed by atoms with van der Waals surface area (Å²) in [6.45, 7) is 1.79. The van der Waals surface area contributed by atoms with Crippen LogP contribution in [-0.2, 0) is 19.1 Å². The number of esters is 2. The molecule has 0 unspecified atom stereocenters. The number of thiazole rings is 1. The number of fused-ring (bicyclic) bond motifs is 1. The summed E-state index contributed by atoms with van der Waals surface area (Å²) in [6, 6.07) is 18.3. The minimum Gasteiger partial charge on any atom is -0.466 e. The lowest BCUT2D eigenvalue weighted by Crippen LogP contribution is -2.41. The minimum absolute atomic E-state index is 0.0297. The molecular formula is C25H22N2O5S. The number of hydrogen-bond acceptors (Lipinski definition) is 7. The predicted octanol–water partition coefficient (Wildman–Crippen LogP) is 1.55. The number of methoxy groups -OCH3 is 1. The van der Waals surface area contributed by atoms with Gasteiger partial charge in [-0.2, -0.15) is 0 Å². The Labute approximate surface area is 193 Å². The molecule has 3 aromatic rings. The Morgan fingerprint density at radius 1 is 1.03 bits per heavy atom. The summed E-state index contributed by atoms with van der Waals surface area (Å²) in [5.41, 5.74) is 7.68. The van der Waals surface area contributed by atoms with Crippen molar-refractivity contribution in [3.8, 4) is 0 Å². The van der Waals surface area contributed by atoms with Crippen molar-refractivity contribution < 1.29 is 19.1 Å². The molecule has 8 heteroatoms. The topological polar surface area (TPSA) is 101 Å². The molecule has 0 amide bonds. The van der Waals surface area contributed by atoms with Crippen molar-refractivity contribution in [2.24, 2.45) is 5.73 Å². The molecule has 0 saturated carbocycles. The van der Waals surface area contributed by atoms with Crippen LogP contribution in [-0.4, -0.2) is 30.2 Å². The van der Waals surface area contributed by atoms with Gasteiger partial charge in [-0.3, -0.25) is 9.36 Å². The van der Waals surface area contributed by atoms with Crippen molar-refractivity contribution in [3.63, 3.8) is 0 Å². The smallest absolute Gasteiger partial charge is 0.338 e. The van der Waals surface area contributed by atoms with Crippen molar-refractivity contribution in [2.45, 2.75) is 12.8 Å². The normalized spacial score (nSPS) is 15.9. The van der Waals surface area contributed by atoms with Crippen LogP contribution in [0.2, 0.25) is 0 Å². The van der Waals surface area contributed by atoms with Crippen LogP contribution in [0.5, 0.6) is 0 Å². The molecule has 2 heterocycles. The van der Waals surface area contributed by atoms with Gasteiger partial charge in [-0.15, -0.1) is 11.3 Å². The standard InChI is InChI=1S/C25H22N2O5S/c1-3-32-25(30)19-18(16-12-8-5-9-13-16)20(24(29)31-2)23-27(21(19)26)22(28)17(33-23)14-15-10-6-4-7-11-15/h4-14,18H,3,26H2,1-2H3/b17-14-/t18-/m1/s1. The maximum atomic E-state index is 13.4. The first-order chi connectivity index (χ1) is 16.0. The molecule has 7 nitrogen and oxygen atoms in total. The van der Waals surface area contributed by atoms with Gasteiger partial charge in [0.15, 0.2) is 0 Å². The Balaban J connectivity index is 2.12. The molecule has 1 atom stereocenters.